The van der Waals surface area contributed by atoms with E-state index in [1.807, 2.05) is 12.1 Å². The van der Waals surface area contributed by atoms with Crippen molar-refractivity contribution in [3.63, 3.8) is 0 Å². The molecule has 1 aliphatic heterocycles. The predicted octanol–water partition coefficient (Wildman–Crippen LogP) is 3.03. The molecule has 2 fully saturated rings. The van der Waals surface area contributed by atoms with Gasteiger partial charge < -0.3 is 15.4 Å². The van der Waals surface area contributed by atoms with Gasteiger partial charge in [-0.05, 0) is 56.5 Å². The summed E-state index contributed by atoms with van der Waals surface area (Å²) in [6.07, 6.45) is 3.98. The highest BCUT2D eigenvalue weighted by molar-refractivity contribution is 9.10. The number of piperidine rings is 1. The van der Waals surface area contributed by atoms with Crippen LogP contribution < -0.4 is 10.6 Å². The highest BCUT2D eigenvalue weighted by atomic mass is 79.9. The second-order valence-corrected chi connectivity index (χ2v) is 7.87. The Kier molecular flexibility index (Phi) is 6.71. The van der Waals surface area contributed by atoms with Gasteiger partial charge in [0.25, 0.3) is 0 Å². The van der Waals surface area contributed by atoms with Gasteiger partial charge in [0.1, 0.15) is 0 Å². The van der Waals surface area contributed by atoms with Crippen LogP contribution in [0.15, 0.2) is 28.7 Å². The lowest BCUT2D eigenvalue weighted by molar-refractivity contribution is -0.124. The Balaban J connectivity index is 0.00000208. The van der Waals surface area contributed by atoms with Crippen LogP contribution >= 0.6 is 28.3 Å². The Bertz CT molecular complexity index is 549. The second-order valence-electron chi connectivity index (χ2n) is 6.95. The van der Waals surface area contributed by atoms with Gasteiger partial charge in [-0.2, -0.15) is 0 Å². The van der Waals surface area contributed by atoms with Crippen LogP contribution in [-0.4, -0.2) is 39.3 Å². The first-order valence-electron chi connectivity index (χ1n) is 8.34. The van der Waals surface area contributed by atoms with Crippen LogP contribution in [0.2, 0.25) is 0 Å². The molecule has 1 saturated carbocycles. The zero-order valence-corrected chi connectivity index (χ0v) is 16.5. The van der Waals surface area contributed by atoms with Crippen LogP contribution in [0.1, 0.15) is 31.2 Å². The molecular formula is C18H26BrClN2O2. The van der Waals surface area contributed by atoms with Gasteiger partial charge >= 0.3 is 0 Å². The molecule has 0 aromatic heterocycles. The molecule has 0 bridgehead atoms. The Morgan fingerprint density at radius 2 is 1.83 bits per heavy atom. The molecule has 0 atom stereocenters. The standard InChI is InChI=1S/C18H25BrN2O2.ClH/c1-23-13-17(8-10-20-11-9-17)12-21-16(22)18(6-7-18)14-2-4-15(19)5-3-14;/h2-5,20H,6-13H2,1H3,(H,21,22);1H. The molecular weight excluding hydrogens is 392 g/mol. The van der Waals surface area contributed by atoms with Crippen molar-refractivity contribution in [3.05, 3.63) is 34.3 Å². The molecule has 2 aliphatic rings. The maximum atomic E-state index is 12.8. The van der Waals surface area contributed by atoms with Crippen LogP contribution in [0.3, 0.4) is 0 Å². The summed E-state index contributed by atoms with van der Waals surface area (Å²) in [5.41, 5.74) is 0.900. The Hall–Kier alpha value is -0.620. The summed E-state index contributed by atoms with van der Waals surface area (Å²) in [6.45, 7) is 3.41. The number of nitrogens with one attached hydrogen (secondary N) is 2. The molecule has 24 heavy (non-hydrogen) atoms. The third kappa shape index (κ3) is 4.13. The molecule has 1 saturated heterocycles. The van der Waals surface area contributed by atoms with Crippen molar-refractivity contribution in [3.8, 4) is 0 Å². The number of carbonyl (C=O) groups excluding carboxylic acids is 1. The van der Waals surface area contributed by atoms with Gasteiger partial charge in [0.05, 0.1) is 12.0 Å². The van der Waals surface area contributed by atoms with Gasteiger partial charge in [0.2, 0.25) is 5.91 Å². The number of methoxy groups -OCH3 is 1. The highest BCUT2D eigenvalue weighted by Crippen LogP contribution is 2.48. The van der Waals surface area contributed by atoms with Crippen molar-refractivity contribution in [1.82, 2.24) is 10.6 Å². The lowest BCUT2D eigenvalue weighted by Gasteiger charge is -2.37. The van der Waals surface area contributed by atoms with Crippen LogP contribution in [-0.2, 0) is 14.9 Å². The van der Waals surface area contributed by atoms with Crippen molar-refractivity contribution in [2.24, 2.45) is 5.41 Å². The molecule has 6 heteroatoms. The van der Waals surface area contributed by atoms with E-state index >= 15 is 0 Å². The topological polar surface area (TPSA) is 50.4 Å². The molecule has 2 N–H and O–H groups in total. The van der Waals surface area contributed by atoms with Crippen LogP contribution in [0.5, 0.6) is 0 Å². The first kappa shape index (κ1) is 19.7. The lowest BCUT2D eigenvalue weighted by Crippen LogP contribution is -2.49. The van der Waals surface area contributed by atoms with Crippen molar-refractivity contribution < 1.29 is 9.53 Å². The average molecular weight is 418 g/mol. The van der Waals surface area contributed by atoms with E-state index in [-0.39, 0.29) is 29.1 Å². The normalized spacial score (nSPS) is 20.8. The van der Waals surface area contributed by atoms with Gasteiger partial charge in [-0.1, -0.05) is 28.1 Å². The van der Waals surface area contributed by atoms with Gasteiger partial charge in [0, 0.05) is 23.5 Å². The molecule has 4 nitrogen and oxygen atoms in total. The third-order valence-electron chi connectivity index (χ3n) is 5.32. The molecule has 3 rings (SSSR count). The minimum absolute atomic E-state index is 0. The number of rotatable bonds is 6. The summed E-state index contributed by atoms with van der Waals surface area (Å²) in [4.78, 5) is 12.8. The number of benzene rings is 1. The van der Waals surface area contributed by atoms with Gasteiger partial charge in [0.15, 0.2) is 0 Å². The first-order chi connectivity index (χ1) is 11.1. The summed E-state index contributed by atoms with van der Waals surface area (Å²) >= 11 is 3.46. The van der Waals surface area contributed by atoms with E-state index in [0.717, 1.165) is 48.8 Å². The van der Waals surface area contributed by atoms with E-state index in [0.29, 0.717) is 13.2 Å². The average Bonchev–Trinajstić information content (AvgIpc) is 3.36. The number of carbonyl (C=O) groups is 1. The fraction of sp³-hybridized carbons (Fsp3) is 0.611. The van der Waals surface area contributed by atoms with E-state index in [9.17, 15) is 4.79 Å². The Morgan fingerprint density at radius 1 is 1.21 bits per heavy atom. The fourth-order valence-electron chi connectivity index (χ4n) is 3.61. The molecule has 0 spiro atoms. The number of ether oxygens (including phenoxy) is 1. The van der Waals surface area contributed by atoms with Crippen molar-refractivity contribution >= 4 is 34.2 Å². The van der Waals surface area contributed by atoms with Gasteiger partial charge in [-0.25, -0.2) is 0 Å². The smallest absolute Gasteiger partial charge is 0.230 e. The second kappa shape index (κ2) is 8.17. The first-order valence-corrected chi connectivity index (χ1v) is 9.14. The SMILES string of the molecule is COCC1(CNC(=O)C2(c3ccc(Br)cc3)CC2)CCNCC1.Cl. The summed E-state index contributed by atoms with van der Waals surface area (Å²) in [5, 5.41) is 6.62. The zero-order valence-electron chi connectivity index (χ0n) is 14.1. The van der Waals surface area contributed by atoms with E-state index in [2.05, 4.69) is 38.7 Å². The summed E-state index contributed by atoms with van der Waals surface area (Å²) in [5.74, 6) is 0.175. The molecule has 134 valence electrons. The summed E-state index contributed by atoms with van der Waals surface area (Å²) in [7, 11) is 1.75. The molecule has 0 unspecified atom stereocenters. The molecule has 1 amide bonds. The monoisotopic (exact) mass is 416 g/mol. The maximum absolute atomic E-state index is 12.8. The van der Waals surface area contributed by atoms with Crippen molar-refractivity contribution in [1.29, 1.82) is 0 Å². The summed E-state index contributed by atoms with van der Waals surface area (Å²) in [6, 6.07) is 8.15. The van der Waals surface area contributed by atoms with E-state index in [4.69, 9.17) is 4.74 Å². The highest BCUT2D eigenvalue weighted by Gasteiger charge is 2.51. The number of amides is 1. The minimum Gasteiger partial charge on any atom is -0.384 e. The largest absolute Gasteiger partial charge is 0.384 e. The van der Waals surface area contributed by atoms with E-state index in [1.54, 1.807) is 7.11 Å². The van der Waals surface area contributed by atoms with E-state index in [1.165, 1.54) is 0 Å². The predicted molar refractivity (Wildman–Crippen MR) is 102 cm³/mol. The molecule has 1 aromatic rings. The number of halogens is 2. The van der Waals surface area contributed by atoms with E-state index < -0.39 is 0 Å². The molecule has 0 radical (unpaired) electrons. The maximum Gasteiger partial charge on any atom is 0.230 e. The van der Waals surface area contributed by atoms with Crippen molar-refractivity contribution in [2.45, 2.75) is 31.1 Å². The minimum atomic E-state index is -0.304. The Morgan fingerprint density at radius 3 is 2.38 bits per heavy atom. The zero-order chi connectivity index (χ0) is 16.3. The lowest BCUT2D eigenvalue weighted by atomic mass is 9.79. The molecule has 1 heterocycles. The molecule has 1 aromatic carbocycles. The summed E-state index contributed by atoms with van der Waals surface area (Å²) < 4.78 is 6.48. The number of hydrogen-bond acceptors (Lipinski definition) is 3. The fourth-order valence-corrected chi connectivity index (χ4v) is 3.88. The number of hydrogen-bond donors (Lipinski definition) is 2. The van der Waals surface area contributed by atoms with Crippen LogP contribution in [0, 0.1) is 5.41 Å². The van der Waals surface area contributed by atoms with Gasteiger partial charge in [-0.3, -0.25) is 4.79 Å². The molecule has 1 aliphatic carbocycles. The quantitative estimate of drug-likeness (QED) is 0.748. The van der Waals surface area contributed by atoms with Crippen LogP contribution in [0.25, 0.3) is 0 Å². The van der Waals surface area contributed by atoms with Crippen molar-refractivity contribution in [2.75, 3.05) is 33.4 Å². The third-order valence-corrected chi connectivity index (χ3v) is 5.85. The Labute approximate surface area is 158 Å². The van der Waals surface area contributed by atoms with Crippen LogP contribution in [0.4, 0.5) is 0 Å². The van der Waals surface area contributed by atoms with Gasteiger partial charge in [-0.15, -0.1) is 12.4 Å².